The molecule has 6 rings (SSSR count). The van der Waals surface area contributed by atoms with Crippen molar-refractivity contribution in [3.8, 4) is 0 Å². The number of hydrogen-bond acceptors (Lipinski definition) is 3. The zero-order chi connectivity index (χ0) is 26.4. The molecule has 1 heterocycles. The van der Waals surface area contributed by atoms with Crippen molar-refractivity contribution in [1.29, 1.82) is 0 Å². The van der Waals surface area contributed by atoms with E-state index < -0.39 is 8.07 Å². The van der Waals surface area contributed by atoms with E-state index in [0.29, 0.717) is 0 Å². The number of nitrogens with zero attached hydrogens (tertiary/aromatic N) is 2. The zero-order valence-electron chi connectivity index (χ0n) is 22.1. The van der Waals surface area contributed by atoms with Gasteiger partial charge in [-0.1, -0.05) is 121 Å². The van der Waals surface area contributed by atoms with Crippen LogP contribution < -0.4 is 20.6 Å². The number of nitrogens with one attached hydrogen (secondary N) is 1. The van der Waals surface area contributed by atoms with E-state index in [9.17, 15) is 0 Å². The number of aryl methyl sites for hydroxylation is 1. The smallest absolute Gasteiger partial charge is 0.135 e. The molecule has 0 saturated heterocycles. The number of aliphatic imine (C=N–C) groups is 1. The summed E-state index contributed by atoms with van der Waals surface area (Å²) >= 11 is 0. The maximum atomic E-state index is 5.29. The highest BCUT2D eigenvalue weighted by Crippen LogP contribution is 2.35. The molecule has 0 saturated carbocycles. The highest BCUT2D eigenvalue weighted by Gasteiger charge is 2.28. The summed E-state index contributed by atoms with van der Waals surface area (Å²) in [6, 6.07) is 49.9. The maximum Gasteiger partial charge on any atom is 0.135 e. The van der Waals surface area contributed by atoms with Crippen LogP contribution in [0.4, 0.5) is 11.4 Å². The van der Waals surface area contributed by atoms with Gasteiger partial charge in [0.25, 0.3) is 0 Å². The average molecular weight is 526 g/mol. The topological polar surface area (TPSA) is 27.6 Å². The summed E-state index contributed by atoms with van der Waals surface area (Å²) < 4.78 is 0. The molecule has 3 nitrogen and oxygen atoms in total. The van der Waals surface area contributed by atoms with Crippen molar-refractivity contribution >= 4 is 35.9 Å². The standard InChI is InChI=1S/C35H32N3P/c1-27-20-22-32(23-21-27)38-26-31(24-28-12-5-2-6-13-28)36-35(38)29-14-11-15-30(25-29)37-39(33-16-7-3-8-17-33)34-18-9-4-10-19-34/h2-23,25,31,37H,24,26H2,1H3/t31-/m0/s1. The lowest BCUT2D eigenvalue weighted by Gasteiger charge is -2.23. The quantitative estimate of drug-likeness (QED) is 0.215. The van der Waals surface area contributed by atoms with Crippen LogP contribution >= 0.6 is 8.07 Å². The Morgan fingerprint density at radius 2 is 1.33 bits per heavy atom. The molecule has 5 aromatic rings. The van der Waals surface area contributed by atoms with Crippen LogP contribution in [0.15, 0.2) is 145 Å². The Labute approximate surface area is 232 Å². The van der Waals surface area contributed by atoms with Gasteiger partial charge in [-0.3, -0.25) is 4.99 Å². The van der Waals surface area contributed by atoms with Crippen molar-refractivity contribution in [3.05, 3.63) is 156 Å². The first-order valence-corrected chi connectivity index (χ1v) is 14.8. The summed E-state index contributed by atoms with van der Waals surface area (Å²) in [6.07, 6.45) is 0.929. The molecule has 1 aliphatic heterocycles. The van der Waals surface area contributed by atoms with E-state index in [1.807, 2.05) is 0 Å². The molecule has 5 aromatic carbocycles. The van der Waals surface area contributed by atoms with Crippen LogP contribution in [0.3, 0.4) is 0 Å². The van der Waals surface area contributed by atoms with Gasteiger partial charge in [0, 0.05) is 34.1 Å². The Balaban J connectivity index is 1.33. The number of benzene rings is 5. The molecule has 39 heavy (non-hydrogen) atoms. The van der Waals surface area contributed by atoms with Crippen molar-refractivity contribution in [2.45, 2.75) is 19.4 Å². The van der Waals surface area contributed by atoms with E-state index in [1.165, 1.54) is 27.4 Å². The minimum atomic E-state index is -0.756. The maximum absolute atomic E-state index is 5.29. The van der Waals surface area contributed by atoms with Crippen molar-refractivity contribution in [2.75, 3.05) is 16.5 Å². The Hall–Kier alpha value is -4.20. The molecule has 192 valence electrons. The summed E-state index contributed by atoms with van der Waals surface area (Å²) in [5.41, 5.74) is 6.00. The third kappa shape index (κ3) is 5.95. The summed E-state index contributed by atoms with van der Waals surface area (Å²) in [6.45, 7) is 3.00. The summed E-state index contributed by atoms with van der Waals surface area (Å²) in [4.78, 5) is 7.67. The summed E-state index contributed by atoms with van der Waals surface area (Å²) in [5.74, 6) is 1.03. The Kier molecular flexibility index (Phi) is 7.52. The lowest BCUT2D eigenvalue weighted by Crippen LogP contribution is -2.30. The molecule has 0 aliphatic carbocycles. The van der Waals surface area contributed by atoms with E-state index in [2.05, 4.69) is 156 Å². The van der Waals surface area contributed by atoms with Crippen LogP contribution in [0.5, 0.6) is 0 Å². The van der Waals surface area contributed by atoms with E-state index >= 15 is 0 Å². The molecule has 0 aromatic heterocycles. The number of hydrogen-bond donors (Lipinski definition) is 1. The monoisotopic (exact) mass is 525 g/mol. The molecule has 1 N–H and O–H groups in total. The van der Waals surface area contributed by atoms with Crippen LogP contribution in [0.2, 0.25) is 0 Å². The van der Waals surface area contributed by atoms with E-state index in [-0.39, 0.29) is 6.04 Å². The van der Waals surface area contributed by atoms with Gasteiger partial charge in [0.05, 0.1) is 14.1 Å². The van der Waals surface area contributed by atoms with Crippen LogP contribution in [-0.2, 0) is 6.42 Å². The molecule has 4 heteroatoms. The minimum Gasteiger partial charge on any atom is -0.357 e. The third-order valence-corrected chi connectivity index (χ3v) is 9.11. The van der Waals surface area contributed by atoms with E-state index in [0.717, 1.165) is 30.1 Å². The Morgan fingerprint density at radius 3 is 1.97 bits per heavy atom. The van der Waals surface area contributed by atoms with Gasteiger partial charge in [-0.15, -0.1) is 0 Å². The second kappa shape index (κ2) is 11.7. The number of anilines is 2. The first-order valence-electron chi connectivity index (χ1n) is 13.5. The van der Waals surface area contributed by atoms with Crippen molar-refractivity contribution < 1.29 is 0 Å². The summed E-state index contributed by atoms with van der Waals surface area (Å²) in [7, 11) is -0.756. The fourth-order valence-corrected chi connectivity index (χ4v) is 6.94. The van der Waals surface area contributed by atoms with Crippen LogP contribution in [0, 0.1) is 6.92 Å². The molecule has 0 bridgehead atoms. The molecule has 1 aliphatic rings. The van der Waals surface area contributed by atoms with Gasteiger partial charge in [-0.05, 0) is 43.2 Å². The van der Waals surface area contributed by atoms with Gasteiger partial charge in [-0.2, -0.15) is 0 Å². The molecule has 0 amide bonds. The van der Waals surface area contributed by atoms with Gasteiger partial charge in [0.1, 0.15) is 5.84 Å². The highest BCUT2D eigenvalue weighted by molar-refractivity contribution is 7.74. The first-order chi connectivity index (χ1) is 19.2. The van der Waals surface area contributed by atoms with Crippen molar-refractivity contribution in [1.82, 2.24) is 0 Å². The van der Waals surface area contributed by atoms with Crippen molar-refractivity contribution in [3.63, 3.8) is 0 Å². The largest absolute Gasteiger partial charge is 0.357 e. The lowest BCUT2D eigenvalue weighted by molar-refractivity contribution is 0.714. The predicted octanol–water partition coefficient (Wildman–Crippen LogP) is 7.33. The molecule has 0 fully saturated rings. The summed E-state index contributed by atoms with van der Waals surface area (Å²) in [5, 5.41) is 6.48. The molecule has 0 radical (unpaired) electrons. The number of amidine groups is 1. The second-order valence-electron chi connectivity index (χ2n) is 9.94. The van der Waals surface area contributed by atoms with Gasteiger partial charge in [0.15, 0.2) is 0 Å². The normalized spacial score (nSPS) is 14.9. The van der Waals surface area contributed by atoms with E-state index in [4.69, 9.17) is 4.99 Å². The molecular formula is C35H32N3P. The van der Waals surface area contributed by atoms with Gasteiger partial charge in [0.2, 0.25) is 0 Å². The Morgan fingerprint density at radius 1 is 0.718 bits per heavy atom. The Bertz CT molecular complexity index is 1490. The lowest BCUT2D eigenvalue weighted by atomic mass is 10.1. The third-order valence-electron chi connectivity index (χ3n) is 7.00. The van der Waals surface area contributed by atoms with Gasteiger partial charge in [-0.25, -0.2) is 0 Å². The van der Waals surface area contributed by atoms with E-state index in [1.54, 1.807) is 0 Å². The molecule has 0 spiro atoms. The SMILES string of the molecule is Cc1ccc(N2C[C@H](Cc3ccccc3)N=C2c2cccc(NP(c3ccccc3)c3ccccc3)c2)cc1. The van der Waals surface area contributed by atoms with Crippen LogP contribution in [0.25, 0.3) is 0 Å². The van der Waals surface area contributed by atoms with Crippen LogP contribution in [0.1, 0.15) is 16.7 Å². The van der Waals surface area contributed by atoms with Crippen LogP contribution in [-0.4, -0.2) is 18.4 Å². The van der Waals surface area contributed by atoms with Crippen molar-refractivity contribution in [2.24, 2.45) is 4.99 Å². The average Bonchev–Trinajstić information content (AvgIpc) is 3.41. The molecule has 0 unspecified atom stereocenters. The molecular weight excluding hydrogens is 493 g/mol. The van der Waals surface area contributed by atoms with Gasteiger partial charge >= 0.3 is 0 Å². The first kappa shape index (κ1) is 25.1. The minimum absolute atomic E-state index is 0.200. The van der Waals surface area contributed by atoms with Gasteiger partial charge < -0.3 is 9.99 Å². The second-order valence-corrected chi connectivity index (χ2v) is 11.9. The fourth-order valence-electron chi connectivity index (χ4n) is 5.05. The fraction of sp³-hybridized carbons (Fsp3) is 0.114. The highest BCUT2D eigenvalue weighted by atomic mass is 31.1. The predicted molar refractivity (Wildman–Crippen MR) is 168 cm³/mol. The number of rotatable bonds is 8. The molecule has 1 atom stereocenters. The zero-order valence-corrected chi connectivity index (χ0v) is 23.0.